The number of para-hydroxylation sites is 2. The van der Waals surface area contributed by atoms with Crippen molar-refractivity contribution in [3.63, 3.8) is 0 Å². The van der Waals surface area contributed by atoms with Crippen LogP contribution in [0.15, 0.2) is 78.1 Å². The molecule has 2 aromatic carbocycles. The maximum Gasteiger partial charge on any atom is 0.243 e. The van der Waals surface area contributed by atoms with Crippen LogP contribution in [0.25, 0.3) is 16.9 Å². The van der Waals surface area contributed by atoms with Gasteiger partial charge in [-0.15, -0.1) is 0 Å². The van der Waals surface area contributed by atoms with Gasteiger partial charge in [-0.3, -0.25) is 9.36 Å². The Hall–Kier alpha value is -3.27. The molecule has 0 aliphatic rings. The van der Waals surface area contributed by atoms with E-state index in [2.05, 4.69) is 15.3 Å². The molecule has 0 atom stereocenters. The number of hydrogen-bond acceptors (Lipinski definition) is 5. The van der Waals surface area contributed by atoms with Crippen molar-refractivity contribution in [1.82, 2.24) is 24.2 Å². The molecule has 0 saturated heterocycles. The normalized spacial score (nSPS) is 11.7. The van der Waals surface area contributed by atoms with E-state index in [0.717, 1.165) is 20.9 Å². The highest BCUT2D eigenvalue weighted by molar-refractivity contribution is 7.89. The molecule has 0 aliphatic carbocycles. The molecule has 2 heterocycles. The predicted octanol–water partition coefficient (Wildman–Crippen LogP) is 3.01. The maximum atomic E-state index is 12.6. The number of halogens is 1. The average Bonchev–Trinajstić information content (AvgIpc) is 3.22. The zero-order valence-electron chi connectivity index (χ0n) is 17.1. The number of likely N-dealkylation sites (N-methyl/N-ethyl adjacent to an activating group) is 1. The molecule has 8 nitrogen and oxygen atoms in total. The fourth-order valence-electron chi connectivity index (χ4n) is 3.14. The lowest BCUT2D eigenvalue weighted by Crippen LogP contribution is -2.38. The third kappa shape index (κ3) is 4.64. The molecule has 0 bridgehead atoms. The number of benzene rings is 2. The van der Waals surface area contributed by atoms with Gasteiger partial charge in [0, 0.05) is 24.8 Å². The second-order valence-corrected chi connectivity index (χ2v) is 9.60. The minimum atomic E-state index is -3.79. The second kappa shape index (κ2) is 9.07. The first-order valence-corrected chi connectivity index (χ1v) is 11.5. The molecular weight excluding hydrogens is 450 g/mol. The SMILES string of the molecule is CN(CC(=O)NCc1ccc(-n2cnc3ccccc32)nc1)S(=O)(=O)c1ccc(Cl)cc1. The quantitative estimate of drug-likeness (QED) is 0.448. The predicted molar refractivity (Wildman–Crippen MR) is 122 cm³/mol. The number of rotatable bonds is 7. The number of amides is 1. The molecule has 0 unspecified atom stereocenters. The van der Waals surface area contributed by atoms with E-state index in [-0.39, 0.29) is 18.0 Å². The summed E-state index contributed by atoms with van der Waals surface area (Å²) in [5, 5.41) is 3.16. The van der Waals surface area contributed by atoms with Gasteiger partial charge in [0.25, 0.3) is 0 Å². The number of pyridine rings is 1. The molecule has 32 heavy (non-hydrogen) atoms. The summed E-state index contributed by atoms with van der Waals surface area (Å²) in [7, 11) is -2.43. The third-order valence-electron chi connectivity index (χ3n) is 4.89. The number of aromatic nitrogens is 3. The summed E-state index contributed by atoms with van der Waals surface area (Å²) >= 11 is 5.81. The molecule has 4 aromatic rings. The van der Waals surface area contributed by atoms with Gasteiger partial charge in [-0.1, -0.05) is 29.8 Å². The highest BCUT2D eigenvalue weighted by Gasteiger charge is 2.22. The van der Waals surface area contributed by atoms with Crippen LogP contribution in [0.2, 0.25) is 5.02 Å². The minimum absolute atomic E-state index is 0.0732. The van der Waals surface area contributed by atoms with E-state index in [1.54, 1.807) is 12.5 Å². The van der Waals surface area contributed by atoms with E-state index in [9.17, 15) is 13.2 Å². The smallest absolute Gasteiger partial charge is 0.243 e. The Morgan fingerprint density at radius 2 is 1.81 bits per heavy atom. The summed E-state index contributed by atoms with van der Waals surface area (Å²) in [5.41, 5.74) is 2.61. The van der Waals surface area contributed by atoms with Crippen molar-refractivity contribution in [3.05, 3.63) is 83.8 Å². The van der Waals surface area contributed by atoms with Crippen LogP contribution in [0.5, 0.6) is 0 Å². The molecule has 0 saturated carbocycles. The van der Waals surface area contributed by atoms with Gasteiger partial charge in [0.05, 0.1) is 22.5 Å². The van der Waals surface area contributed by atoms with E-state index in [4.69, 9.17) is 11.6 Å². The highest BCUT2D eigenvalue weighted by atomic mass is 35.5. The number of carbonyl (C=O) groups is 1. The van der Waals surface area contributed by atoms with Crippen LogP contribution >= 0.6 is 11.6 Å². The number of fused-ring (bicyclic) bond motifs is 1. The molecular formula is C22H20ClN5O3S. The number of sulfonamides is 1. The number of nitrogens with one attached hydrogen (secondary N) is 1. The molecule has 0 spiro atoms. The number of imidazole rings is 1. The molecule has 4 rings (SSSR count). The lowest BCUT2D eigenvalue weighted by Gasteiger charge is -2.17. The van der Waals surface area contributed by atoms with Crippen LogP contribution in [0.1, 0.15) is 5.56 Å². The summed E-state index contributed by atoms with van der Waals surface area (Å²) in [6, 6.07) is 17.2. The van der Waals surface area contributed by atoms with E-state index in [1.807, 2.05) is 41.0 Å². The van der Waals surface area contributed by atoms with Gasteiger partial charge >= 0.3 is 0 Å². The van der Waals surface area contributed by atoms with Gasteiger partial charge in [-0.25, -0.2) is 18.4 Å². The highest BCUT2D eigenvalue weighted by Crippen LogP contribution is 2.18. The summed E-state index contributed by atoms with van der Waals surface area (Å²) in [6.07, 6.45) is 3.38. The molecule has 0 fully saturated rings. The zero-order chi connectivity index (χ0) is 22.7. The summed E-state index contributed by atoms with van der Waals surface area (Å²) < 4.78 is 28.0. The Balaban J connectivity index is 1.36. The average molecular weight is 470 g/mol. The Kier molecular flexibility index (Phi) is 6.22. The summed E-state index contributed by atoms with van der Waals surface area (Å²) in [5.74, 6) is 0.289. The molecule has 0 radical (unpaired) electrons. The molecule has 1 N–H and O–H groups in total. The first kappa shape index (κ1) is 21.9. The van der Waals surface area contributed by atoms with Crippen LogP contribution in [0.4, 0.5) is 0 Å². The van der Waals surface area contributed by atoms with Crippen molar-refractivity contribution in [1.29, 1.82) is 0 Å². The molecule has 10 heteroatoms. The number of hydrogen-bond donors (Lipinski definition) is 1. The Morgan fingerprint density at radius 3 is 2.53 bits per heavy atom. The van der Waals surface area contributed by atoms with Crippen LogP contribution in [0, 0.1) is 0 Å². The monoisotopic (exact) mass is 469 g/mol. The molecule has 0 aliphatic heterocycles. The van der Waals surface area contributed by atoms with Gasteiger partial charge in [0.1, 0.15) is 12.1 Å². The summed E-state index contributed by atoms with van der Waals surface area (Å²) in [4.78, 5) is 21.2. The van der Waals surface area contributed by atoms with Crippen molar-refractivity contribution in [3.8, 4) is 5.82 Å². The van der Waals surface area contributed by atoms with E-state index in [0.29, 0.717) is 10.8 Å². The first-order chi connectivity index (χ1) is 15.3. The number of nitrogens with zero attached hydrogens (tertiary/aromatic N) is 4. The Labute approximate surface area is 190 Å². The van der Waals surface area contributed by atoms with Gasteiger partial charge in [0.2, 0.25) is 15.9 Å². The van der Waals surface area contributed by atoms with Crippen LogP contribution in [-0.2, 0) is 21.4 Å². The van der Waals surface area contributed by atoms with Crippen molar-refractivity contribution >= 4 is 38.6 Å². The standard InChI is InChI=1S/C22H20ClN5O3S/c1-27(32(30,31)18-9-7-17(23)8-10-18)14-22(29)25-13-16-6-11-21(24-12-16)28-15-26-19-4-2-3-5-20(19)28/h2-12,15H,13-14H2,1H3,(H,25,29). The summed E-state index contributed by atoms with van der Waals surface area (Å²) in [6.45, 7) is -0.0802. The fraction of sp³-hybridized carbons (Fsp3) is 0.136. The van der Waals surface area contributed by atoms with Gasteiger partial charge in [-0.2, -0.15) is 4.31 Å². The lowest BCUT2D eigenvalue weighted by molar-refractivity contribution is -0.121. The topological polar surface area (TPSA) is 97.2 Å². The minimum Gasteiger partial charge on any atom is -0.351 e. The van der Waals surface area contributed by atoms with Crippen LogP contribution in [0.3, 0.4) is 0 Å². The van der Waals surface area contributed by atoms with Crippen molar-refractivity contribution in [2.45, 2.75) is 11.4 Å². The van der Waals surface area contributed by atoms with Crippen molar-refractivity contribution in [2.24, 2.45) is 0 Å². The Bertz CT molecular complexity index is 1350. The largest absolute Gasteiger partial charge is 0.351 e. The fourth-order valence-corrected chi connectivity index (χ4v) is 4.39. The van der Waals surface area contributed by atoms with Crippen LogP contribution in [-0.4, -0.2) is 46.8 Å². The van der Waals surface area contributed by atoms with Gasteiger partial charge in [0.15, 0.2) is 0 Å². The van der Waals surface area contributed by atoms with Crippen molar-refractivity contribution in [2.75, 3.05) is 13.6 Å². The van der Waals surface area contributed by atoms with Crippen molar-refractivity contribution < 1.29 is 13.2 Å². The second-order valence-electron chi connectivity index (χ2n) is 7.12. The lowest BCUT2D eigenvalue weighted by atomic mass is 10.2. The molecule has 1 amide bonds. The zero-order valence-corrected chi connectivity index (χ0v) is 18.7. The number of carbonyl (C=O) groups excluding carboxylic acids is 1. The Morgan fingerprint density at radius 1 is 1.06 bits per heavy atom. The van der Waals surface area contributed by atoms with Crippen LogP contribution < -0.4 is 5.32 Å². The first-order valence-electron chi connectivity index (χ1n) is 9.70. The van der Waals surface area contributed by atoms with E-state index < -0.39 is 15.9 Å². The van der Waals surface area contributed by atoms with E-state index >= 15 is 0 Å². The van der Waals surface area contributed by atoms with Gasteiger partial charge in [-0.05, 0) is 48.0 Å². The molecule has 164 valence electrons. The maximum absolute atomic E-state index is 12.6. The van der Waals surface area contributed by atoms with E-state index in [1.165, 1.54) is 31.3 Å². The van der Waals surface area contributed by atoms with Gasteiger partial charge < -0.3 is 5.32 Å². The molecule has 2 aromatic heterocycles. The third-order valence-corrected chi connectivity index (χ3v) is 6.96.